The number of carbonyl (C=O) groups is 2. The number of carboxylic acids is 2. The molecule has 0 saturated heterocycles. The topological polar surface area (TPSA) is 80.3 Å². The molecule has 0 fully saturated rings. The van der Waals surface area contributed by atoms with Gasteiger partial charge in [-0.05, 0) is 31.6 Å². The number of carboxylic acid groups (broad SMARTS) is 2. The summed E-state index contributed by atoms with van der Waals surface area (Å²) in [5.74, 6) is -3.43. The summed E-state index contributed by atoms with van der Waals surface area (Å²) in [5.41, 5.74) is 0. The molecule has 0 aliphatic carbocycles. The maximum atomic E-state index is 10.9. The molecule has 0 aromatic carbocycles. The summed E-state index contributed by atoms with van der Waals surface area (Å²) >= 11 is 0. The minimum Gasteiger partial charge on any atom is -0.550 e. The number of rotatable bonds is 15. The van der Waals surface area contributed by atoms with Gasteiger partial charge in [0.1, 0.15) is 0 Å². The first-order chi connectivity index (χ1) is 11.0. The van der Waals surface area contributed by atoms with Crippen LogP contribution in [-0.2, 0) is 9.59 Å². The molecule has 0 bridgehead atoms. The van der Waals surface area contributed by atoms with Crippen LogP contribution in [-0.4, -0.2) is 11.9 Å². The van der Waals surface area contributed by atoms with Crippen LogP contribution in [0, 0.1) is 11.8 Å². The summed E-state index contributed by atoms with van der Waals surface area (Å²) in [6.45, 7) is 5.97. The van der Waals surface area contributed by atoms with Crippen molar-refractivity contribution in [2.45, 2.75) is 71.1 Å². The van der Waals surface area contributed by atoms with Crippen LogP contribution in [0.1, 0.15) is 71.1 Å². The maximum Gasteiger partial charge on any atom is 1.00 e. The van der Waals surface area contributed by atoms with Crippen molar-refractivity contribution in [3.63, 3.8) is 0 Å². The summed E-state index contributed by atoms with van der Waals surface area (Å²) in [6, 6.07) is 0. The minimum absolute atomic E-state index is 0. The van der Waals surface area contributed by atoms with Gasteiger partial charge in [0.2, 0.25) is 0 Å². The van der Waals surface area contributed by atoms with E-state index >= 15 is 0 Å². The first-order valence-electron chi connectivity index (χ1n) is 8.69. The van der Waals surface area contributed by atoms with Gasteiger partial charge in [-0.2, -0.15) is 0 Å². The third-order valence-corrected chi connectivity index (χ3v) is 3.99. The predicted octanol–water partition coefficient (Wildman–Crippen LogP) is -3.61. The molecular formula is C19H30K2O4. The number of carbonyl (C=O) groups excluding carboxylic acids is 2. The molecule has 0 heterocycles. The van der Waals surface area contributed by atoms with Crippen molar-refractivity contribution < 1.29 is 123 Å². The first-order valence-corrected chi connectivity index (χ1v) is 8.69. The molecule has 0 aromatic heterocycles. The van der Waals surface area contributed by atoms with Crippen molar-refractivity contribution >= 4 is 11.9 Å². The van der Waals surface area contributed by atoms with Crippen molar-refractivity contribution in [1.82, 2.24) is 0 Å². The van der Waals surface area contributed by atoms with Crippen LogP contribution >= 0.6 is 0 Å². The van der Waals surface area contributed by atoms with Gasteiger partial charge in [-0.25, -0.2) is 0 Å². The molecule has 4 nitrogen and oxygen atoms in total. The Bertz CT molecular complexity index is 384. The Balaban J connectivity index is -0.00000242. The second-order valence-corrected chi connectivity index (χ2v) is 6.11. The van der Waals surface area contributed by atoms with Gasteiger partial charge in [-0.1, -0.05) is 63.7 Å². The largest absolute Gasteiger partial charge is 1.00 e. The first kappa shape index (κ1) is 31.4. The molecule has 25 heavy (non-hydrogen) atoms. The molecule has 2 atom stereocenters. The molecule has 6 heteroatoms. The SMILES string of the molecule is C=CCC(CC=CC(CC(=O)[O-])C(=O)[O-])CCCCCCCC.[K+].[K+]. The Hall–Kier alpha value is 1.69. The smallest absolute Gasteiger partial charge is 0.550 e. The van der Waals surface area contributed by atoms with Gasteiger partial charge in [0, 0.05) is 17.9 Å². The van der Waals surface area contributed by atoms with Gasteiger partial charge in [-0.3, -0.25) is 0 Å². The Morgan fingerprint density at radius 2 is 1.60 bits per heavy atom. The van der Waals surface area contributed by atoms with Gasteiger partial charge in [-0.15, -0.1) is 6.58 Å². The van der Waals surface area contributed by atoms with Crippen LogP contribution in [0.25, 0.3) is 0 Å². The van der Waals surface area contributed by atoms with E-state index < -0.39 is 24.3 Å². The van der Waals surface area contributed by atoms with E-state index in [1.54, 1.807) is 6.08 Å². The molecule has 0 aliphatic heterocycles. The van der Waals surface area contributed by atoms with Gasteiger partial charge in [0.25, 0.3) is 0 Å². The van der Waals surface area contributed by atoms with Crippen molar-refractivity contribution in [2.24, 2.45) is 11.8 Å². The fraction of sp³-hybridized carbons (Fsp3) is 0.684. The number of unbranched alkanes of at least 4 members (excludes halogenated alkanes) is 5. The second kappa shape index (κ2) is 22.0. The molecule has 0 radical (unpaired) electrons. The fourth-order valence-corrected chi connectivity index (χ4v) is 2.63. The van der Waals surface area contributed by atoms with Gasteiger partial charge >= 0.3 is 103 Å². The second-order valence-electron chi connectivity index (χ2n) is 6.11. The molecule has 0 aromatic rings. The zero-order valence-corrected chi connectivity index (χ0v) is 22.5. The monoisotopic (exact) mass is 400 g/mol. The number of aliphatic carboxylic acids is 2. The Morgan fingerprint density at radius 1 is 1.00 bits per heavy atom. The van der Waals surface area contributed by atoms with E-state index in [1.807, 2.05) is 6.08 Å². The van der Waals surface area contributed by atoms with Gasteiger partial charge in [0.15, 0.2) is 0 Å². The molecule has 0 spiro atoms. The molecule has 0 aliphatic rings. The van der Waals surface area contributed by atoms with E-state index in [4.69, 9.17) is 0 Å². The van der Waals surface area contributed by atoms with E-state index in [-0.39, 0.29) is 103 Å². The zero-order valence-electron chi connectivity index (χ0n) is 16.3. The predicted molar refractivity (Wildman–Crippen MR) is 88.2 cm³/mol. The molecule has 2 unspecified atom stereocenters. The van der Waals surface area contributed by atoms with Crippen molar-refractivity contribution in [2.75, 3.05) is 0 Å². The average molecular weight is 401 g/mol. The minimum atomic E-state index is -1.38. The van der Waals surface area contributed by atoms with Crippen molar-refractivity contribution in [1.29, 1.82) is 0 Å². The molecular weight excluding hydrogens is 370 g/mol. The Kier molecular flexibility index (Phi) is 27.6. The Labute approximate surface area is 238 Å². The molecule has 132 valence electrons. The number of hydrogen-bond donors (Lipinski definition) is 0. The summed E-state index contributed by atoms with van der Waals surface area (Å²) in [7, 11) is 0. The van der Waals surface area contributed by atoms with E-state index in [1.165, 1.54) is 44.6 Å². The normalized spacial score (nSPS) is 12.7. The van der Waals surface area contributed by atoms with Crippen LogP contribution < -0.4 is 113 Å². The molecule has 0 amide bonds. The molecule has 0 N–H and O–H groups in total. The summed E-state index contributed by atoms with van der Waals surface area (Å²) in [4.78, 5) is 21.4. The number of hydrogen-bond acceptors (Lipinski definition) is 4. The van der Waals surface area contributed by atoms with Crippen LogP contribution in [0.2, 0.25) is 0 Å². The van der Waals surface area contributed by atoms with Gasteiger partial charge in [0.05, 0.1) is 0 Å². The molecule has 0 rings (SSSR count). The average Bonchev–Trinajstić information content (AvgIpc) is 2.49. The van der Waals surface area contributed by atoms with Crippen LogP contribution in [0.5, 0.6) is 0 Å². The summed E-state index contributed by atoms with van der Waals surface area (Å²) < 4.78 is 0. The molecule has 0 saturated carbocycles. The fourth-order valence-electron chi connectivity index (χ4n) is 2.63. The van der Waals surface area contributed by atoms with E-state index in [0.717, 1.165) is 19.3 Å². The van der Waals surface area contributed by atoms with Gasteiger partial charge < -0.3 is 19.8 Å². The third-order valence-electron chi connectivity index (χ3n) is 3.99. The van der Waals surface area contributed by atoms with Crippen LogP contribution in [0.4, 0.5) is 0 Å². The third kappa shape index (κ3) is 20.2. The standard InChI is InChI=1S/C19H32O4.2K/c1-3-5-6-7-8-9-12-16(11-4-2)13-10-14-17(19(22)23)15-18(20)21;;/h4,10,14,16-17H,2-3,5-9,11-13,15H2,1H3,(H,20,21)(H,22,23);;/q;2*+1/p-2. The van der Waals surface area contributed by atoms with E-state index in [2.05, 4.69) is 13.5 Å². The van der Waals surface area contributed by atoms with Crippen LogP contribution in [0.15, 0.2) is 24.8 Å². The Morgan fingerprint density at radius 3 is 2.12 bits per heavy atom. The summed E-state index contributed by atoms with van der Waals surface area (Å²) in [5, 5.41) is 21.4. The maximum absolute atomic E-state index is 10.9. The van der Waals surface area contributed by atoms with Crippen molar-refractivity contribution in [3.05, 3.63) is 24.8 Å². The van der Waals surface area contributed by atoms with E-state index in [9.17, 15) is 19.8 Å². The number of allylic oxidation sites excluding steroid dienone is 2. The quantitative estimate of drug-likeness (QED) is 0.162. The van der Waals surface area contributed by atoms with Crippen LogP contribution in [0.3, 0.4) is 0 Å². The zero-order chi connectivity index (χ0) is 17.5. The summed E-state index contributed by atoms with van der Waals surface area (Å²) in [6.07, 6.45) is 14.7. The van der Waals surface area contributed by atoms with E-state index in [0.29, 0.717) is 5.92 Å². The van der Waals surface area contributed by atoms with Crippen molar-refractivity contribution in [3.8, 4) is 0 Å².